The molecule has 1 aromatic heterocycles. The van der Waals surface area contributed by atoms with Crippen molar-refractivity contribution in [3.05, 3.63) is 52.2 Å². The number of aryl methyl sites for hydroxylation is 2. The summed E-state index contributed by atoms with van der Waals surface area (Å²) in [4.78, 5) is 23.9. The standard InChI is InChI=1S/C14H15ClN2O4S/c1-10-3-4-12(9-11(10)2)22(20,21)17-8-7-16(14(17)19)13(18)5-6-15/h3-4,7-9H,5-6H2,1-2H3. The fraction of sp³-hybridized carbons (Fsp3) is 0.286. The first-order valence-corrected chi connectivity index (χ1v) is 8.48. The molecule has 8 heteroatoms. The highest BCUT2D eigenvalue weighted by atomic mass is 35.5. The lowest BCUT2D eigenvalue weighted by molar-refractivity contribution is 0.0906. The Labute approximate surface area is 133 Å². The molecule has 1 aromatic carbocycles. The van der Waals surface area contributed by atoms with Crippen LogP contribution in [0.4, 0.5) is 0 Å². The maximum atomic E-state index is 12.5. The Morgan fingerprint density at radius 2 is 1.86 bits per heavy atom. The number of halogens is 1. The number of alkyl halides is 1. The summed E-state index contributed by atoms with van der Waals surface area (Å²) >= 11 is 5.46. The van der Waals surface area contributed by atoms with E-state index in [2.05, 4.69) is 0 Å². The molecule has 0 saturated heterocycles. The molecule has 1 heterocycles. The van der Waals surface area contributed by atoms with E-state index in [9.17, 15) is 18.0 Å². The van der Waals surface area contributed by atoms with Gasteiger partial charge in [0.15, 0.2) is 0 Å². The van der Waals surface area contributed by atoms with Gasteiger partial charge < -0.3 is 0 Å². The van der Waals surface area contributed by atoms with Gasteiger partial charge in [0.1, 0.15) is 0 Å². The summed E-state index contributed by atoms with van der Waals surface area (Å²) in [6.07, 6.45) is 2.16. The Kier molecular flexibility index (Phi) is 4.58. The number of benzene rings is 1. The van der Waals surface area contributed by atoms with Crippen LogP contribution in [-0.4, -0.2) is 28.7 Å². The topological polar surface area (TPSA) is 78.1 Å². The van der Waals surface area contributed by atoms with Crippen molar-refractivity contribution in [3.63, 3.8) is 0 Å². The number of rotatable bonds is 4. The minimum Gasteiger partial charge on any atom is -0.274 e. The van der Waals surface area contributed by atoms with Gasteiger partial charge in [0.05, 0.1) is 4.90 Å². The number of carbonyl (C=O) groups is 1. The van der Waals surface area contributed by atoms with Gasteiger partial charge in [-0.1, -0.05) is 6.07 Å². The fourth-order valence-corrected chi connectivity index (χ4v) is 3.39. The van der Waals surface area contributed by atoms with Crippen LogP contribution in [0.25, 0.3) is 0 Å². The zero-order valence-corrected chi connectivity index (χ0v) is 13.7. The largest absolute Gasteiger partial charge is 0.349 e. The maximum absolute atomic E-state index is 12.5. The van der Waals surface area contributed by atoms with Gasteiger partial charge >= 0.3 is 5.69 Å². The van der Waals surface area contributed by atoms with Gasteiger partial charge in [-0.2, -0.15) is 3.97 Å². The number of imidazole rings is 1. The van der Waals surface area contributed by atoms with Gasteiger partial charge in [-0.05, 0) is 37.1 Å². The Morgan fingerprint density at radius 3 is 2.45 bits per heavy atom. The highest BCUT2D eigenvalue weighted by Crippen LogP contribution is 2.16. The van der Waals surface area contributed by atoms with Crippen molar-refractivity contribution in [2.45, 2.75) is 25.2 Å². The highest BCUT2D eigenvalue weighted by molar-refractivity contribution is 7.90. The predicted molar refractivity (Wildman–Crippen MR) is 83.2 cm³/mol. The molecule has 0 fully saturated rings. The summed E-state index contributed by atoms with van der Waals surface area (Å²) in [5.74, 6) is -0.491. The van der Waals surface area contributed by atoms with Crippen LogP contribution in [0.2, 0.25) is 0 Å². The molecular formula is C14H15ClN2O4S. The molecule has 0 N–H and O–H groups in total. The SMILES string of the molecule is Cc1ccc(S(=O)(=O)n2ccn(C(=O)CCCl)c2=O)cc1C. The van der Waals surface area contributed by atoms with Gasteiger partial charge in [-0.15, -0.1) is 11.6 Å². The number of nitrogens with zero attached hydrogens (tertiary/aromatic N) is 2. The van der Waals surface area contributed by atoms with Gasteiger partial charge in [0.25, 0.3) is 10.0 Å². The monoisotopic (exact) mass is 342 g/mol. The molecule has 2 rings (SSSR count). The molecule has 0 bridgehead atoms. The van der Waals surface area contributed by atoms with Crippen LogP contribution in [0, 0.1) is 13.8 Å². The molecule has 6 nitrogen and oxygen atoms in total. The summed E-state index contributed by atoms with van der Waals surface area (Å²) in [6.45, 7) is 3.64. The van der Waals surface area contributed by atoms with E-state index in [1.807, 2.05) is 6.92 Å². The van der Waals surface area contributed by atoms with Crippen molar-refractivity contribution < 1.29 is 13.2 Å². The van der Waals surface area contributed by atoms with Crippen molar-refractivity contribution in [2.75, 3.05) is 5.88 Å². The number of carbonyl (C=O) groups excluding carboxylic acids is 1. The summed E-state index contributed by atoms with van der Waals surface area (Å²) in [6, 6.07) is 4.60. The molecule has 0 spiro atoms. The van der Waals surface area contributed by atoms with E-state index >= 15 is 0 Å². The van der Waals surface area contributed by atoms with E-state index in [1.165, 1.54) is 12.1 Å². The Morgan fingerprint density at radius 1 is 1.18 bits per heavy atom. The highest BCUT2D eigenvalue weighted by Gasteiger charge is 2.22. The molecular weight excluding hydrogens is 328 g/mol. The minimum atomic E-state index is -4.04. The molecule has 22 heavy (non-hydrogen) atoms. The van der Waals surface area contributed by atoms with E-state index in [-0.39, 0.29) is 17.2 Å². The van der Waals surface area contributed by atoms with Crippen molar-refractivity contribution in [1.29, 1.82) is 0 Å². The van der Waals surface area contributed by atoms with Crippen LogP contribution in [0.3, 0.4) is 0 Å². The smallest absolute Gasteiger partial charge is 0.274 e. The normalized spacial score (nSPS) is 11.6. The molecule has 0 unspecified atom stereocenters. The Balaban J connectivity index is 2.53. The van der Waals surface area contributed by atoms with E-state index < -0.39 is 21.6 Å². The number of hydrogen-bond donors (Lipinski definition) is 0. The molecule has 0 aliphatic heterocycles. The first kappa shape index (κ1) is 16.5. The van der Waals surface area contributed by atoms with Crippen LogP contribution < -0.4 is 5.69 Å². The summed E-state index contributed by atoms with van der Waals surface area (Å²) in [5, 5.41) is 0. The second-order valence-electron chi connectivity index (χ2n) is 4.83. The van der Waals surface area contributed by atoms with E-state index in [1.54, 1.807) is 13.0 Å². The van der Waals surface area contributed by atoms with E-state index in [0.717, 1.165) is 28.1 Å². The average molecular weight is 343 g/mol. The predicted octanol–water partition coefficient (Wildman–Crippen LogP) is 1.77. The quantitative estimate of drug-likeness (QED) is 0.793. The first-order valence-electron chi connectivity index (χ1n) is 6.51. The van der Waals surface area contributed by atoms with Gasteiger partial charge in [-0.25, -0.2) is 17.8 Å². The first-order chi connectivity index (χ1) is 10.3. The average Bonchev–Trinajstić information content (AvgIpc) is 2.84. The lowest BCUT2D eigenvalue weighted by Gasteiger charge is -2.07. The third-order valence-electron chi connectivity index (χ3n) is 3.36. The van der Waals surface area contributed by atoms with Crippen molar-refractivity contribution in [2.24, 2.45) is 0 Å². The lowest BCUT2D eigenvalue weighted by atomic mass is 10.1. The van der Waals surface area contributed by atoms with Crippen LogP contribution in [0.5, 0.6) is 0 Å². The van der Waals surface area contributed by atoms with Crippen molar-refractivity contribution in [3.8, 4) is 0 Å². The molecule has 118 valence electrons. The molecule has 0 aliphatic carbocycles. The van der Waals surface area contributed by atoms with Gasteiger partial charge in [-0.3, -0.25) is 4.79 Å². The molecule has 0 amide bonds. The maximum Gasteiger partial charge on any atom is 0.349 e. The van der Waals surface area contributed by atoms with Crippen molar-refractivity contribution in [1.82, 2.24) is 8.54 Å². The van der Waals surface area contributed by atoms with Crippen LogP contribution in [0.15, 0.2) is 40.3 Å². The van der Waals surface area contributed by atoms with Gasteiger partial charge in [0, 0.05) is 24.7 Å². The van der Waals surface area contributed by atoms with Gasteiger partial charge in [0.2, 0.25) is 5.91 Å². The summed E-state index contributed by atoms with van der Waals surface area (Å²) in [5.41, 5.74) is 0.821. The summed E-state index contributed by atoms with van der Waals surface area (Å²) < 4.78 is 26.4. The molecule has 0 aliphatic rings. The summed E-state index contributed by atoms with van der Waals surface area (Å²) in [7, 11) is -4.04. The van der Waals surface area contributed by atoms with Crippen molar-refractivity contribution >= 4 is 27.5 Å². The Bertz CT molecular complexity index is 880. The molecule has 0 saturated carbocycles. The zero-order valence-electron chi connectivity index (χ0n) is 12.1. The fourth-order valence-electron chi connectivity index (χ4n) is 1.92. The zero-order chi connectivity index (χ0) is 16.5. The van der Waals surface area contributed by atoms with Crippen LogP contribution in [-0.2, 0) is 10.0 Å². The third-order valence-corrected chi connectivity index (χ3v) is 5.19. The van der Waals surface area contributed by atoms with E-state index in [4.69, 9.17) is 11.6 Å². The van der Waals surface area contributed by atoms with Crippen LogP contribution >= 0.6 is 11.6 Å². The third kappa shape index (κ3) is 2.86. The van der Waals surface area contributed by atoms with E-state index in [0.29, 0.717) is 3.97 Å². The van der Waals surface area contributed by atoms with Crippen LogP contribution in [0.1, 0.15) is 22.3 Å². The number of hydrogen-bond acceptors (Lipinski definition) is 4. The molecule has 0 radical (unpaired) electrons. The lowest BCUT2D eigenvalue weighted by Crippen LogP contribution is -2.32. The number of aromatic nitrogens is 2. The molecule has 0 atom stereocenters. The molecule has 2 aromatic rings. The Hall–Kier alpha value is -1.86. The second-order valence-corrected chi connectivity index (χ2v) is 7.02. The minimum absolute atomic E-state index is 0.000224. The second kappa shape index (κ2) is 6.10.